The molecule has 0 aromatic carbocycles. The molecular weight excluding hydrogens is 222 g/mol. The smallest absolute Gasteiger partial charge is 0.156 e. The van der Waals surface area contributed by atoms with Gasteiger partial charge in [-0.3, -0.25) is 9.67 Å². The summed E-state index contributed by atoms with van der Waals surface area (Å²) in [6.07, 6.45) is 3.75. The molecule has 0 saturated heterocycles. The van der Waals surface area contributed by atoms with Crippen molar-refractivity contribution >= 4 is 16.9 Å². The molecule has 0 amide bonds. The van der Waals surface area contributed by atoms with Gasteiger partial charge in [0.2, 0.25) is 0 Å². The van der Waals surface area contributed by atoms with Crippen LogP contribution in [0.3, 0.4) is 0 Å². The molecule has 1 aromatic heterocycles. The molecule has 1 aliphatic heterocycles. The van der Waals surface area contributed by atoms with E-state index in [0.717, 1.165) is 30.5 Å². The second-order valence-electron chi connectivity index (χ2n) is 3.81. The number of aryl methyl sites for hydroxylation is 1. The van der Waals surface area contributed by atoms with Gasteiger partial charge >= 0.3 is 0 Å². The third-order valence-corrected chi connectivity index (χ3v) is 3.76. The van der Waals surface area contributed by atoms with Crippen LogP contribution in [0.1, 0.15) is 19.2 Å². The Morgan fingerprint density at radius 2 is 2.50 bits per heavy atom. The molecular formula is C10H17N5S. The highest BCUT2D eigenvalue weighted by molar-refractivity contribution is 8.14. The molecule has 2 rings (SSSR count). The number of hydrogen-bond acceptors (Lipinski definition) is 5. The van der Waals surface area contributed by atoms with E-state index in [2.05, 4.69) is 27.3 Å². The highest BCUT2D eigenvalue weighted by Crippen LogP contribution is 2.21. The van der Waals surface area contributed by atoms with E-state index in [9.17, 15) is 0 Å². The normalized spacial score (nSPS) is 19.9. The number of nitrogens with zero attached hydrogens (tertiary/aromatic N) is 4. The van der Waals surface area contributed by atoms with Gasteiger partial charge in [0.1, 0.15) is 6.33 Å². The van der Waals surface area contributed by atoms with E-state index >= 15 is 0 Å². The lowest BCUT2D eigenvalue weighted by molar-refractivity contribution is 0.730. The van der Waals surface area contributed by atoms with Gasteiger partial charge in [-0.05, 0) is 6.42 Å². The van der Waals surface area contributed by atoms with E-state index in [-0.39, 0.29) is 0 Å². The Morgan fingerprint density at radius 1 is 1.62 bits per heavy atom. The lowest BCUT2D eigenvalue weighted by Crippen LogP contribution is -2.22. The number of hydrogen-bond donors (Lipinski definition) is 1. The molecule has 16 heavy (non-hydrogen) atoms. The molecule has 0 aliphatic carbocycles. The van der Waals surface area contributed by atoms with Gasteiger partial charge in [-0.2, -0.15) is 5.10 Å². The molecule has 1 N–H and O–H groups in total. The van der Waals surface area contributed by atoms with Crippen LogP contribution < -0.4 is 5.32 Å². The van der Waals surface area contributed by atoms with Crippen molar-refractivity contribution in [1.82, 2.24) is 20.1 Å². The zero-order valence-corrected chi connectivity index (χ0v) is 10.5. The van der Waals surface area contributed by atoms with Crippen molar-refractivity contribution < 1.29 is 0 Å². The number of amidine groups is 1. The third kappa shape index (κ3) is 2.98. The van der Waals surface area contributed by atoms with Crippen molar-refractivity contribution in [3.05, 3.63) is 12.2 Å². The largest absolute Gasteiger partial charge is 0.364 e. The summed E-state index contributed by atoms with van der Waals surface area (Å²) < 4.78 is 1.73. The zero-order chi connectivity index (χ0) is 11.4. The molecule has 1 atom stereocenters. The first-order valence-electron chi connectivity index (χ1n) is 5.57. The Labute approximate surface area is 99.7 Å². The minimum Gasteiger partial charge on any atom is -0.364 e. The molecule has 0 bridgehead atoms. The average Bonchev–Trinajstić information content (AvgIpc) is 2.88. The maximum atomic E-state index is 4.45. The summed E-state index contributed by atoms with van der Waals surface area (Å²) in [4.78, 5) is 8.62. The summed E-state index contributed by atoms with van der Waals surface area (Å²) in [5.74, 6) is 0.880. The van der Waals surface area contributed by atoms with Crippen LogP contribution in [0.15, 0.2) is 11.3 Å². The second-order valence-corrected chi connectivity index (χ2v) is 5.09. The fraction of sp³-hybridized carbons (Fsp3) is 0.700. The quantitative estimate of drug-likeness (QED) is 0.845. The Bertz CT molecular complexity index is 373. The second kappa shape index (κ2) is 5.34. The summed E-state index contributed by atoms with van der Waals surface area (Å²) >= 11 is 1.84. The zero-order valence-electron chi connectivity index (χ0n) is 9.68. The van der Waals surface area contributed by atoms with Crippen molar-refractivity contribution in [3.8, 4) is 0 Å². The number of aromatic nitrogens is 3. The number of thioether (sulfide) groups is 1. The van der Waals surface area contributed by atoms with Crippen LogP contribution in [-0.2, 0) is 13.5 Å². The summed E-state index contributed by atoms with van der Waals surface area (Å²) in [6, 6.07) is 0. The molecule has 88 valence electrons. The number of aliphatic imine (C=N–C) groups is 1. The molecule has 0 saturated carbocycles. The van der Waals surface area contributed by atoms with Crippen LogP contribution in [0.25, 0.3) is 0 Å². The van der Waals surface area contributed by atoms with Crippen molar-refractivity contribution in [3.63, 3.8) is 0 Å². The maximum Gasteiger partial charge on any atom is 0.156 e. The molecule has 0 fully saturated rings. The summed E-state index contributed by atoms with van der Waals surface area (Å²) in [7, 11) is 1.88. The summed E-state index contributed by atoms with van der Waals surface area (Å²) in [6.45, 7) is 4.01. The van der Waals surface area contributed by atoms with E-state index in [1.165, 1.54) is 6.42 Å². The van der Waals surface area contributed by atoms with Crippen LogP contribution in [0, 0.1) is 0 Å². The summed E-state index contributed by atoms with van der Waals surface area (Å²) in [5, 5.41) is 9.29. The lowest BCUT2D eigenvalue weighted by atomic mass is 10.3. The van der Waals surface area contributed by atoms with Crippen molar-refractivity contribution in [2.75, 3.05) is 13.1 Å². The highest BCUT2D eigenvalue weighted by atomic mass is 32.2. The molecule has 1 unspecified atom stereocenters. The van der Waals surface area contributed by atoms with Crippen LogP contribution >= 0.6 is 11.8 Å². The Morgan fingerprint density at radius 3 is 3.12 bits per heavy atom. The maximum absolute atomic E-state index is 4.45. The first kappa shape index (κ1) is 11.4. The van der Waals surface area contributed by atoms with Crippen molar-refractivity contribution in [2.45, 2.75) is 25.0 Å². The Kier molecular flexibility index (Phi) is 3.82. The molecule has 2 heterocycles. The molecule has 1 aliphatic rings. The molecule has 0 spiro atoms. The predicted molar refractivity (Wildman–Crippen MR) is 66.7 cm³/mol. The minimum atomic E-state index is 0.662. The van der Waals surface area contributed by atoms with Crippen LogP contribution in [0.4, 0.5) is 0 Å². The predicted octanol–water partition coefficient (Wildman–Crippen LogP) is 0.829. The molecule has 1 aromatic rings. The fourth-order valence-corrected chi connectivity index (χ4v) is 2.47. The van der Waals surface area contributed by atoms with Crippen LogP contribution in [-0.4, -0.2) is 38.3 Å². The third-order valence-electron chi connectivity index (χ3n) is 2.44. The van der Waals surface area contributed by atoms with Gasteiger partial charge in [-0.15, -0.1) is 0 Å². The van der Waals surface area contributed by atoms with Crippen LogP contribution in [0.2, 0.25) is 0 Å². The highest BCUT2D eigenvalue weighted by Gasteiger charge is 2.16. The SMILES string of the molecule is CCC1CN=C(NCCc2ncn(C)n2)S1. The van der Waals surface area contributed by atoms with Crippen molar-refractivity contribution in [1.29, 1.82) is 0 Å². The number of nitrogens with one attached hydrogen (secondary N) is 1. The van der Waals surface area contributed by atoms with Gasteiger partial charge in [-0.1, -0.05) is 18.7 Å². The average molecular weight is 239 g/mol. The number of rotatable bonds is 4. The van der Waals surface area contributed by atoms with Gasteiger partial charge < -0.3 is 5.32 Å². The molecule has 6 heteroatoms. The minimum absolute atomic E-state index is 0.662. The standard InChI is InChI=1S/C10H17N5S/c1-3-8-6-12-10(16-8)11-5-4-9-13-7-15(2)14-9/h7-8H,3-6H2,1-2H3,(H,11,12). The van der Waals surface area contributed by atoms with Gasteiger partial charge in [0.15, 0.2) is 11.0 Å². The van der Waals surface area contributed by atoms with E-state index in [1.807, 2.05) is 18.8 Å². The van der Waals surface area contributed by atoms with E-state index in [4.69, 9.17) is 0 Å². The molecule has 0 radical (unpaired) electrons. The first-order valence-corrected chi connectivity index (χ1v) is 6.45. The fourth-order valence-electron chi connectivity index (χ4n) is 1.51. The van der Waals surface area contributed by atoms with E-state index in [0.29, 0.717) is 5.25 Å². The van der Waals surface area contributed by atoms with Gasteiger partial charge in [-0.25, -0.2) is 4.98 Å². The van der Waals surface area contributed by atoms with E-state index in [1.54, 1.807) is 11.0 Å². The molecule has 5 nitrogen and oxygen atoms in total. The lowest BCUT2D eigenvalue weighted by Gasteiger charge is -2.05. The topological polar surface area (TPSA) is 55.1 Å². The Hall–Kier alpha value is -1.04. The van der Waals surface area contributed by atoms with Crippen LogP contribution in [0.5, 0.6) is 0 Å². The summed E-state index contributed by atoms with van der Waals surface area (Å²) in [5.41, 5.74) is 0. The van der Waals surface area contributed by atoms with Gasteiger partial charge in [0.05, 0.1) is 6.54 Å². The first-order chi connectivity index (χ1) is 7.78. The van der Waals surface area contributed by atoms with Crippen molar-refractivity contribution in [2.24, 2.45) is 12.0 Å². The Balaban J connectivity index is 1.69. The van der Waals surface area contributed by atoms with Gasteiger partial charge in [0, 0.05) is 25.3 Å². The monoisotopic (exact) mass is 239 g/mol. The van der Waals surface area contributed by atoms with Gasteiger partial charge in [0.25, 0.3) is 0 Å². The van der Waals surface area contributed by atoms with E-state index < -0.39 is 0 Å².